The molecule has 1 unspecified atom stereocenters. The van der Waals surface area contributed by atoms with Gasteiger partial charge in [-0.05, 0) is 30.5 Å². The molecule has 1 aliphatic carbocycles. The van der Waals surface area contributed by atoms with Crippen molar-refractivity contribution in [2.45, 2.75) is 37.2 Å². The first-order valence-corrected chi connectivity index (χ1v) is 7.71. The smallest absolute Gasteiger partial charge is 0.249 e. The van der Waals surface area contributed by atoms with E-state index >= 15 is 0 Å². The summed E-state index contributed by atoms with van der Waals surface area (Å²) in [4.78, 5) is 11.6. The molecule has 1 aromatic carbocycles. The Bertz CT molecular complexity index is 541. The van der Waals surface area contributed by atoms with Crippen molar-refractivity contribution in [3.05, 3.63) is 33.8 Å². The average molecular weight is 314 g/mol. The van der Waals surface area contributed by atoms with E-state index in [1.54, 1.807) is 6.07 Å². The molecular weight excluding hydrogens is 297 g/mol. The molecule has 2 aliphatic rings. The lowest BCUT2D eigenvalue weighted by molar-refractivity contribution is -0.127. The van der Waals surface area contributed by atoms with Crippen molar-refractivity contribution >= 4 is 29.1 Å². The van der Waals surface area contributed by atoms with Crippen molar-refractivity contribution in [2.24, 2.45) is 5.92 Å². The van der Waals surface area contributed by atoms with Gasteiger partial charge in [0.2, 0.25) is 5.91 Å². The van der Waals surface area contributed by atoms with Crippen molar-refractivity contribution in [3.63, 3.8) is 0 Å². The molecule has 0 radical (unpaired) electrons. The normalized spacial score (nSPS) is 28.6. The van der Waals surface area contributed by atoms with Crippen LogP contribution in [-0.2, 0) is 10.2 Å². The first-order chi connectivity index (χ1) is 9.54. The first kappa shape index (κ1) is 14.2. The Hall–Kier alpha value is -0.770. The monoisotopic (exact) mass is 313 g/mol. The van der Waals surface area contributed by atoms with Crippen LogP contribution in [0.25, 0.3) is 0 Å². The SMILES string of the molecule is O=C1NC[C@H](C2(c3ccc(Cl)c(Cl)c3)CCCC2)C1O. The largest absolute Gasteiger partial charge is 0.383 e. The van der Waals surface area contributed by atoms with Crippen molar-refractivity contribution in [1.82, 2.24) is 5.32 Å². The quantitative estimate of drug-likeness (QED) is 0.882. The van der Waals surface area contributed by atoms with Crippen LogP contribution in [0, 0.1) is 5.92 Å². The average Bonchev–Trinajstić information content (AvgIpc) is 3.03. The van der Waals surface area contributed by atoms with E-state index in [9.17, 15) is 9.90 Å². The lowest BCUT2D eigenvalue weighted by Gasteiger charge is -2.37. The van der Waals surface area contributed by atoms with E-state index in [4.69, 9.17) is 23.2 Å². The molecule has 2 atom stereocenters. The summed E-state index contributed by atoms with van der Waals surface area (Å²) < 4.78 is 0. The van der Waals surface area contributed by atoms with Gasteiger partial charge < -0.3 is 10.4 Å². The van der Waals surface area contributed by atoms with Gasteiger partial charge in [0, 0.05) is 17.9 Å². The summed E-state index contributed by atoms with van der Waals surface area (Å²) in [6, 6.07) is 5.68. The number of carbonyl (C=O) groups is 1. The molecule has 2 fully saturated rings. The van der Waals surface area contributed by atoms with Gasteiger partial charge in [-0.3, -0.25) is 4.79 Å². The molecule has 0 spiro atoms. The number of hydrogen-bond acceptors (Lipinski definition) is 2. The van der Waals surface area contributed by atoms with Gasteiger partial charge in [-0.2, -0.15) is 0 Å². The molecule has 1 aromatic rings. The lowest BCUT2D eigenvalue weighted by atomic mass is 9.67. The third kappa shape index (κ3) is 2.12. The number of carbonyl (C=O) groups excluding carboxylic acids is 1. The maximum absolute atomic E-state index is 11.6. The van der Waals surface area contributed by atoms with Crippen molar-refractivity contribution in [1.29, 1.82) is 0 Å². The van der Waals surface area contributed by atoms with Gasteiger partial charge in [0.15, 0.2) is 0 Å². The van der Waals surface area contributed by atoms with Crippen LogP contribution in [-0.4, -0.2) is 23.7 Å². The van der Waals surface area contributed by atoms with E-state index in [2.05, 4.69) is 5.32 Å². The zero-order chi connectivity index (χ0) is 14.3. The van der Waals surface area contributed by atoms with Crippen LogP contribution in [0.1, 0.15) is 31.2 Å². The third-order valence-corrected chi connectivity index (χ3v) is 5.59. The summed E-state index contributed by atoms with van der Waals surface area (Å²) >= 11 is 12.1. The Morgan fingerprint density at radius 2 is 1.90 bits per heavy atom. The van der Waals surface area contributed by atoms with Crippen molar-refractivity contribution in [3.8, 4) is 0 Å². The predicted octanol–water partition coefficient (Wildman–Crippen LogP) is 2.91. The van der Waals surface area contributed by atoms with Crippen molar-refractivity contribution in [2.75, 3.05) is 6.54 Å². The molecule has 0 aromatic heterocycles. The molecule has 1 heterocycles. The van der Waals surface area contributed by atoms with Crippen LogP contribution in [0.4, 0.5) is 0 Å². The van der Waals surface area contributed by atoms with E-state index in [0.717, 1.165) is 31.2 Å². The summed E-state index contributed by atoms with van der Waals surface area (Å²) in [5.41, 5.74) is 0.914. The highest BCUT2D eigenvalue weighted by molar-refractivity contribution is 6.42. The van der Waals surface area contributed by atoms with Gasteiger partial charge in [-0.25, -0.2) is 0 Å². The number of hydrogen-bond donors (Lipinski definition) is 2. The minimum absolute atomic E-state index is 0.0882. The molecule has 108 valence electrons. The highest BCUT2D eigenvalue weighted by atomic mass is 35.5. The number of benzene rings is 1. The number of halogens is 2. The summed E-state index contributed by atoms with van der Waals surface area (Å²) in [7, 11) is 0. The Kier molecular flexibility index (Phi) is 3.69. The second kappa shape index (κ2) is 5.21. The zero-order valence-corrected chi connectivity index (χ0v) is 12.5. The molecule has 1 aliphatic heterocycles. The summed E-state index contributed by atoms with van der Waals surface area (Å²) in [5, 5.41) is 14.0. The summed E-state index contributed by atoms with van der Waals surface area (Å²) in [5.74, 6) is -0.351. The molecule has 1 amide bonds. The Balaban J connectivity index is 2.03. The highest BCUT2D eigenvalue weighted by Gasteiger charge is 2.50. The Morgan fingerprint density at radius 1 is 1.20 bits per heavy atom. The van der Waals surface area contributed by atoms with Crippen LogP contribution >= 0.6 is 23.2 Å². The standard InChI is InChI=1S/C15H17Cl2NO2/c16-11-4-3-9(7-12(11)17)15(5-1-2-6-15)10-8-18-14(20)13(10)19/h3-4,7,10,13,19H,1-2,5-6,8H2,(H,18,20)/t10-,13?/m0/s1. The molecule has 5 heteroatoms. The number of nitrogens with one attached hydrogen (secondary N) is 1. The maximum atomic E-state index is 11.6. The fourth-order valence-electron chi connectivity index (χ4n) is 3.79. The van der Waals surface area contributed by atoms with E-state index in [0.29, 0.717) is 16.6 Å². The summed E-state index contributed by atoms with van der Waals surface area (Å²) in [6.07, 6.45) is 3.24. The van der Waals surface area contributed by atoms with E-state index < -0.39 is 6.10 Å². The second-order valence-electron chi connectivity index (χ2n) is 5.79. The second-order valence-corrected chi connectivity index (χ2v) is 6.60. The molecule has 0 bridgehead atoms. The third-order valence-electron chi connectivity index (χ3n) is 4.85. The molecule has 1 saturated heterocycles. The fourth-order valence-corrected chi connectivity index (χ4v) is 4.09. The van der Waals surface area contributed by atoms with E-state index in [1.165, 1.54) is 0 Å². The summed E-state index contributed by atoms with van der Waals surface area (Å²) in [6.45, 7) is 0.528. The van der Waals surface area contributed by atoms with Crippen LogP contribution in [0.5, 0.6) is 0 Å². The number of amides is 1. The predicted molar refractivity (Wildman–Crippen MR) is 79.1 cm³/mol. The van der Waals surface area contributed by atoms with E-state index in [-0.39, 0.29) is 17.2 Å². The number of aliphatic hydroxyl groups is 1. The lowest BCUT2D eigenvalue weighted by Crippen LogP contribution is -2.40. The van der Waals surface area contributed by atoms with Crippen LogP contribution < -0.4 is 5.32 Å². The Labute approximate surface area is 128 Å². The Morgan fingerprint density at radius 3 is 2.45 bits per heavy atom. The van der Waals surface area contributed by atoms with Gasteiger partial charge in [0.05, 0.1) is 10.0 Å². The fraction of sp³-hybridized carbons (Fsp3) is 0.533. The molecule has 2 N–H and O–H groups in total. The van der Waals surface area contributed by atoms with Crippen LogP contribution in [0.2, 0.25) is 10.0 Å². The minimum atomic E-state index is -0.928. The number of rotatable bonds is 2. The van der Waals surface area contributed by atoms with Gasteiger partial charge in [-0.15, -0.1) is 0 Å². The molecule has 20 heavy (non-hydrogen) atoms. The van der Waals surface area contributed by atoms with Gasteiger partial charge >= 0.3 is 0 Å². The molecule has 1 saturated carbocycles. The molecule has 3 nitrogen and oxygen atoms in total. The van der Waals surface area contributed by atoms with Gasteiger partial charge in [-0.1, -0.05) is 42.1 Å². The van der Waals surface area contributed by atoms with Crippen molar-refractivity contribution < 1.29 is 9.90 Å². The zero-order valence-electron chi connectivity index (χ0n) is 11.0. The van der Waals surface area contributed by atoms with Crippen LogP contribution in [0.15, 0.2) is 18.2 Å². The molecule has 3 rings (SSSR count). The van der Waals surface area contributed by atoms with E-state index in [1.807, 2.05) is 12.1 Å². The number of aliphatic hydroxyl groups excluding tert-OH is 1. The van der Waals surface area contributed by atoms with Crippen LogP contribution in [0.3, 0.4) is 0 Å². The minimum Gasteiger partial charge on any atom is -0.383 e. The maximum Gasteiger partial charge on any atom is 0.249 e. The molecular formula is C15H17Cl2NO2. The van der Waals surface area contributed by atoms with Gasteiger partial charge in [0.1, 0.15) is 6.10 Å². The van der Waals surface area contributed by atoms with Gasteiger partial charge in [0.25, 0.3) is 0 Å². The first-order valence-electron chi connectivity index (χ1n) is 6.96. The highest BCUT2D eigenvalue weighted by Crippen LogP contribution is 2.49. The topological polar surface area (TPSA) is 49.3 Å².